The van der Waals surface area contributed by atoms with Gasteiger partial charge in [-0.2, -0.15) is 0 Å². The standard InChI is InChI=1S/C23H21ClN4O3/c1-13-19-21(27-31-13)20-17(24)5-2-6-18(20)28(23(19)30)16-8-7-14(10-16)11-26-22(29)15-4-3-9-25-12-15/h2-6,9,12,14,16H,7-8,10-11H2,1H3,(H,26,29)/t14-,16+/m0/s1. The SMILES string of the molecule is Cc1onc2c1c(=O)n([C@@H]1CC[C@H](CNC(=O)c3cccnc3)C1)c1cccc(Cl)c21. The first-order valence-corrected chi connectivity index (χ1v) is 10.7. The van der Waals surface area contributed by atoms with Gasteiger partial charge in [0.25, 0.3) is 11.5 Å². The van der Waals surface area contributed by atoms with Crippen molar-refractivity contribution in [3.63, 3.8) is 0 Å². The van der Waals surface area contributed by atoms with E-state index in [-0.39, 0.29) is 23.4 Å². The predicted molar refractivity (Wildman–Crippen MR) is 118 cm³/mol. The van der Waals surface area contributed by atoms with E-state index in [4.69, 9.17) is 16.1 Å². The molecule has 2 atom stereocenters. The normalized spacial score (nSPS) is 18.6. The number of nitrogens with zero attached hydrogens (tertiary/aromatic N) is 3. The van der Waals surface area contributed by atoms with E-state index >= 15 is 0 Å². The molecule has 3 heterocycles. The number of aryl methyl sites for hydroxylation is 1. The third kappa shape index (κ3) is 3.39. The summed E-state index contributed by atoms with van der Waals surface area (Å²) >= 11 is 6.50. The van der Waals surface area contributed by atoms with E-state index in [2.05, 4.69) is 15.5 Å². The van der Waals surface area contributed by atoms with Crippen molar-refractivity contribution in [1.82, 2.24) is 20.0 Å². The summed E-state index contributed by atoms with van der Waals surface area (Å²) in [5.41, 5.74) is 1.72. The van der Waals surface area contributed by atoms with Crippen LogP contribution in [0.2, 0.25) is 5.02 Å². The van der Waals surface area contributed by atoms with Crippen LogP contribution in [0.15, 0.2) is 52.0 Å². The van der Waals surface area contributed by atoms with Gasteiger partial charge in [-0.1, -0.05) is 22.8 Å². The first-order chi connectivity index (χ1) is 15.0. The van der Waals surface area contributed by atoms with Crippen molar-refractivity contribution in [2.45, 2.75) is 32.2 Å². The van der Waals surface area contributed by atoms with Gasteiger partial charge in [0.15, 0.2) is 0 Å². The maximum absolute atomic E-state index is 13.4. The lowest BCUT2D eigenvalue weighted by Crippen LogP contribution is -2.29. The third-order valence-corrected chi connectivity index (χ3v) is 6.45. The van der Waals surface area contributed by atoms with Gasteiger partial charge in [-0.25, -0.2) is 0 Å². The van der Waals surface area contributed by atoms with Crippen LogP contribution in [0.1, 0.15) is 41.4 Å². The number of halogens is 1. The quantitative estimate of drug-likeness (QED) is 0.516. The molecule has 1 aliphatic carbocycles. The Morgan fingerprint density at radius 1 is 1.26 bits per heavy atom. The zero-order valence-electron chi connectivity index (χ0n) is 17.0. The topological polar surface area (TPSA) is 90.0 Å². The molecule has 7 nitrogen and oxygen atoms in total. The molecule has 1 saturated carbocycles. The number of amides is 1. The van der Waals surface area contributed by atoms with E-state index in [1.54, 1.807) is 37.5 Å². The average Bonchev–Trinajstić information content (AvgIpc) is 3.40. The van der Waals surface area contributed by atoms with E-state index in [0.29, 0.717) is 33.8 Å². The second-order valence-electron chi connectivity index (χ2n) is 8.06. The zero-order chi connectivity index (χ0) is 21.5. The minimum absolute atomic E-state index is 0.0208. The summed E-state index contributed by atoms with van der Waals surface area (Å²) in [4.78, 5) is 29.7. The van der Waals surface area contributed by atoms with Crippen LogP contribution in [0.4, 0.5) is 0 Å². The summed E-state index contributed by atoms with van der Waals surface area (Å²) in [6.45, 7) is 2.31. The number of rotatable bonds is 4. The molecule has 1 amide bonds. The molecule has 1 N–H and O–H groups in total. The second-order valence-corrected chi connectivity index (χ2v) is 8.46. The molecule has 1 aliphatic rings. The Balaban J connectivity index is 1.44. The van der Waals surface area contributed by atoms with Gasteiger partial charge < -0.3 is 14.4 Å². The fourth-order valence-electron chi connectivity index (χ4n) is 4.64. The summed E-state index contributed by atoms with van der Waals surface area (Å²) in [5, 5.41) is 8.86. The molecule has 0 bridgehead atoms. The summed E-state index contributed by atoms with van der Waals surface area (Å²) in [7, 11) is 0. The highest BCUT2D eigenvalue weighted by molar-refractivity contribution is 6.37. The minimum atomic E-state index is -0.132. The number of carbonyl (C=O) groups is 1. The van der Waals surface area contributed by atoms with Crippen molar-refractivity contribution in [3.05, 3.63) is 69.4 Å². The van der Waals surface area contributed by atoms with E-state index < -0.39 is 0 Å². The molecule has 0 aliphatic heterocycles. The molecule has 158 valence electrons. The van der Waals surface area contributed by atoms with Gasteiger partial charge in [-0.15, -0.1) is 0 Å². The molecule has 8 heteroatoms. The summed E-state index contributed by atoms with van der Waals surface area (Å²) in [6, 6.07) is 9.06. The number of nitrogens with one attached hydrogen (secondary N) is 1. The van der Waals surface area contributed by atoms with Gasteiger partial charge in [0.05, 0.1) is 16.1 Å². The molecular weight excluding hydrogens is 416 g/mol. The fourth-order valence-corrected chi connectivity index (χ4v) is 4.90. The largest absolute Gasteiger partial charge is 0.360 e. The Bertz CT molecular complexity index is 1350. The van der Waals surface area contributed by atoms with Crippen molar-refractivity contribution >= 4 is 39.3 Å². The number of fused-ring (bicyclic) bond motifs is 3. The Kier molecular flexibility index (Phi) is 4.98. The summed E-state index contributed by atoms with van der Waals surface area (Å²) in [5.74, 6) is 0.646. The second kappa shape index (κ2) is 7.81. The van der Waals surface area contributed by atoms with Crippen molar-refractivity contribution in [2.24, 2.45) is 5.92 Å². The zero-order valence-corrected chi connectivity index (χ0v) is 17.7. The smallest absolute Gasteiger partial charge is 0.264 e. The van der Waals surface area contributed by atoms with E-state index in [9.17, 15) is 9.59 Å². The molecule has 0 spiro atoms. The number of carbonyl (C=O) groups excluding carboxylic acids is 1. The molecule has 0 radical (unpaired) electrons. The molecule has 3 aromatic heterocycles. The van der Waals surface area contributed by atoms with Crippen LogP contribution in [0.3, 0.4) is 0 Å². The molecule has 0 unspecified atom stereocenters. The highest BCUT2D eigenvalue weighted by atomic mass is 35.5. The van der Waals surface area contributed by atoms with Gasteiger partial charge >= 0.3 is 0 Å². The monoisotopic (exact) mass is 436 g/mol. The van der Waals surface area contributed by atoms with Crippen molar-refractivity contribution < 1.29 is 9.32 Å². The molecule has 1 aromatic carbocycles. The predicted octanol–water partition coefficient (Wildman–Crippen LogP) is 4.27. The van der Waals surface area contributed by atoms with Gasteiger partial charge in [-0.3, -0.25) is 14.6 Å². The number of hydrogen-bond donors (Lipinski definition) is 1. The molecular formula is C23H21ClN4O3. The highest BCUT2D eigenvalue weighted by Gasteiger charge is 2.30. The highest BCUT2D eigenvalue weighted by Crippen LogP contribution is 2.38. The first-order valence-electron chi connectivity index (χ1n) is 10.3. The van der Waals surface area contributed by atoms with Gasteiger partial charge in [0.1, 0.15) is 16.7 Å². The van der Waals surface area contributed by atoms with Crippen LogP contribution in [0.5, 0.6) is 0 Å². The maximum atomic E-state index is 13.4. The van der Waals surface area contributed by atoms with E-state index in [1.165, 1.54) is 0 Å². The summed E-state index contributed by atoms with van der Waals surface area (Å²) in [6.07, 6.45) is 5.77. The van der Waals surface area contributed by atoms with Gasteiger partial charge in [0, 0.05) is 30.4 Å². The lowest BCUT2D eigenvalue weighted by molar-refractivity contribution is 0.0946. The van der Waals surface area contributed by atoms with Crippen LogP contribution in [0, 0.1) is 12.8 Å². The van der Waals surface area contributed by atoms with Crippen LogP contribution >= 0.6 is 11.6 Å². The Morgan fingerprint density at radius 2 is 2.13 bits per heavy atom. The number of pyridine rings is 2. The molecule has 4 aromatic rings. The van der Waals surface area contributed by atoms with Crippen molar-refractivity contribution in [1.29, 1.82) is 0 Å². The molecule has 5 rings (SSSR count). The van der Waals surface area contributed by atoms with Crippen LogP contribution < -0.4 is 10.9 Å². The summed E-state index contributed by atoms with van der Waals surface area (Å²) < 4.78 is 7.17. The van der Waals surface area contributed by atoms with Crippen LogP contribution in [-0.2, 0) is 0 Å². The van der Waals surface area contributed by atoms with Crippen LogP contribution in [-0.4, -0.2) is 27.2 Å². The number of aromatic nitrogens is 3. The van der Waals surface area contributed by atoms with Crippen molar-refractivity contribution in [3.8, 4) is 0 Å². The maximum Gasteiger partial charge on any atom is 0.264 e. The minimum Gasteiger partial charge on any atom is -0.360 e. The average molecular weight is 437 g/mol. The molecule has 1 fully saturated rings. The Morgan fingerprint density at radius 3 is 2.94 bits per heavy atom. The van der Waals surface area contributed by atoms with Gasteiger partial charge in [0.2, 0.25) is 0 Å². The third-order valence-electron chi connectivity index (χ3n) is 6.14. The Hall–Kier alpha value is -3.19. The van der Waals surface area contributed by atoms with E-state index in [1.807, 2.05) is 16.7 Å². The van der Waals surface area contributed by atoms with Gasteiger partial charge in [-0.05, 0) is 56.4 Å². The van der Waals surface area contributed by atoms with E-state index in [0.717, 1.165) is 30.2 Å². The fraction of sp³-hybridized carbons (Fsp3) is 0.304. The number of benzene rings is 1. The Labute approximate surface area is 183 Å². The first kappa shape index (κ1) is 19.8. The number of hydrogen-bond acceptors (Lipinski definition) is 5. The molecule has 31 heavy (non-hydrogen) atoms. The molecule has 0 saturated heterocycles. The lowest BCUT2D eigenvalue weighted by Gasteiger charge is -2.18. The van der Waals surface area contributed by atoms with Crippen molar-refractivity contribution in [2.75, 3.05) is 6.54 Å². The van der Waals surface area contributed by atoms with Crippen LogP contribution in [0.25, 0.3) is 21.8 Å². The lowest BCUT2D eigenvalue weighted by atomic mass is 10.1.